The van der Waals surface area contributed by atoms with Crippen molar-refractivity contribution in [1.29, 1.82) is 0 Å². The molecule has 0 saturated carbocycles. The van der Waals surface area contributed by atoms with E-state index < -0.39 is 0 Å². The van der Waals surface area contributed by atoms with Crippen molar-refractivity contribution in [3.05, 3.63) is 35.0 Å². The Bertz CT molecular complexity index is 606. The second-order valence-electron chi connectivity index (χ2n) is 5.37. The predicted octanol–water partition coefficient (Wildman–Crippen LogP) is 4.08. The minimum Gasteiger partial charge on any atom is -0.380 e. The molecule has 21 heavy (non-hydrogen) atoms. The molecule has 0 aliphatic carbocycles. The van der Waals surface area contributed by atoms with Crippen molar-refractivity contribution in [2.24, 2.45) is 0 Å². The molecule has 3 rings (SSSR count). The largest absolute Gasteiger partial charge is 0.380 e. The minimum absolute atomic E-state index is 0.309. The van der Waals surface area contributed by atoms with Gasteiger partial charge in [0, 0.05) is 23.6 Å². The predicted molar refractivity (Wildman–Crippen MR) is 83.3 cm³/mol. The highest BCUT2D eigenvalue weighted by Gasteiger charge is 2.20. The number of anilines is 1. The van der Waals surface area contributed by atoms with E-state index >= 15 is 0 Å². The Morgan fingerprint density at radius 1 is 1.29 bits per heavy atom. The number of ether oxygens (including phenoxy) is 1. The third kappa shape index (κ3) is 3.22. The first kappa shape index (κ1) is 14.4. The summed E-state index contributed by atoms with van der Waals surface area (Å²) in [4.78, 5) is 0. The Morgan fingerprint density at radius 3 is 2.90 bits per heavy atom. The van der Waals surface area contributed by atoms with E-state index in [2.05, 4.69) is 5.16 Å². The molecule has 1 unspecified atom stereocenters. The van der Waals surface area contributed by atoms with E-state index in [9.17, 15) is 0 Å². The third-order valence-electron chi connectivity index (χ3n) is 3.90. The van der Waals surface area contributed by atoms with Crippen LogP contribution in [0.15, 0.2) is 28.8 Å². The van der Waals surface area contributed by atoms with Crippen molar-refractivity contribution in [2.75, 3.05) is 12.3 Å². The molecule has 2 N–H and O–H groups in total. The fourth-order valence-electron chi connectivity index (χ4n) is 2.79. The quantitative estimate of drug-likeness (QED) is 0.924. The van der Waals surface area contributed by atoms with Gasteiger partial charge >= 0.3 is 0 Å². The zero-order valence-corrected chi connectivity index (χ0v) is 12.6. The third-order valence-corrected chi connectivity index (χ3v) is 4.23. The molecule has 1 aromatic carbocycles. The van der Waals surface area contributed by atoms with Gasteiger partial charge in [0.1, 0.15) is 5.76 Å². The second-order valence-corrected chi connectivity index (χ2v) is 5.78. The lowest BCUT2D eigenvalue weighted by atomic mass is 9.99. The summed E-state index contributed by atoms with van der Waals surface area (Å²) in [5, 5.41) is 4.56. The number of nitrogens with two attached hydrogens (primary N) is 1. The number of aryl methyl sites for hydroxylation is 1. The molecule has 1 aliphatic heterocycles. The van der Waals surface area contributed by atoms with Crippen LogP contribution in [0.1, 0.15) is 31.4 Å². The van der Waals surface area contributed by atoms with Gasteiger partial charge in [-0.15, -0.1) is 0 Å². The monoisotopic (exact) mass is 306 g/mol. The van der Waals surface area contributed by atoms with Crippen molar-refractivity contribution in [3.8, 4) is 11.1 Å². The maximum atomic E-state index is 6.26. The number of hydrogen-bond donors (Lipinski definition) is 1. The van der Waals surface area contributed by atoms with Crippen LogP contribution in [0.2, 0.25) is 5.02 Å². The van der Waals surface area contributed by atoms with E-state index in [1.807, 2.05) is 24.3 Å². The summed E-state index contributed by atoms with van der Waals surface area (Å²) >= 11 is 6.26. The van der Waals surface area contributed by atoms with Gasteiger partial charge in [-0.1, -0.05) is 35.0 Å². The molecule has 1 aromatic heterocycles. The van der Waals surface area contributed by atoms with Crippen molar-refractivity contribution >= 4 is 17.4 Å². The molecule has 5 heteroatoms. The smallest absolute Gasteiger partial charge is 0.175 e. The fraction of sp³-hybridized carbons (Fsp3) is 0.438. The van der Waals surface area contributed by atoms with Crippen LogP contribution in [-0.2, 0) is 11.2 Å². The van der Waals surface area contributed by atoms with Crippen LogP contribution in [0.3, 0.4) is 0 Å². The van der Waals surface area contributed by atoms with Gasteiger partial charge < -0.3 is 15.0 Å². The van der Waals surface area contributed by atoms with Crippen LogP contribution >= 0.6 is 11.6 Å². The van der Waals surface area contributed by atoms with Gasteiger partial charge in [-0.05, 0) is 31.7 Å². The molecule has 0 spiro atoms. The average Bonchev–Trinajstić information content (AvgIpc) is 2.88. The van der Waals surface area contributed by atoms with Gasteiger partial charge in [0.05, 0.1) is 11.7 Å². The van der Waals surface area contributed by atoms with E-state index in [4.69, 9.17) is 26.6 Å². The zero-order valence-electron chi connectivity index (χ0n) is 11.8. The van der Waals surface area contributed by atoms with Crippen molar-refractivity contribution in [2.45, 2.75) is 38.2 Å². The number of aromatic nitrogens is 1. The maximum Gasteiger partial charge on any atom is 0.175 e. The van der Waals surface area contributed by atoms with Gasteiger partial charge in [0.15, 0.2) is 5.82 Å². The van der Waals surface area contributed by atoms with Crippen molar-refractivity contribution in [1.82, 2.24) is 5.16 Å². The molecule has 2 aromatic rings. The summed E-state index contributed by atoms with van der Waals surface area (Å²) in [6.45, 7) is 0.862. The summed E-state index contributed by atoms with van der Waals surface area (Å²) in [5.74, 6) is 1.18. The summed E-state index contributed by atoms with van der Waals surface area (Å²) in [6, 6.07) is 7.61. The lowest BCUT2D eigenvalue weighted by molar-refractivity contribution is 0.0106. The zero-order chi connectivity index (χ0) is 14.7. The lowest BCUT2D eigenvalue weighted by Crippen LogP contribution is -2.19. The number of nitrogens with zero attached hydrogens (tertiary/aromatic N) is 1. The van der Waals surface area contributed by atoms with Gasteiger partial charge in [0.25, 0.3) is 0 Å². The van der Waals surface area contributed by atoms with Crippen LogP contribution in [-0.4, -0.2) is 17.9 Å². The molecule has 1 aliphatic rings. The Labute approximate surface area is 129 Å². The number of hydrogen-bond acceptors (Lipinski definition) is 4. The van der Waals surface area contributed by atoms with E-state index in [1.165, 1.54) is 6.42 Å². The SMILES string of the molecule is Nc1noc(CCC2CCCCO2)c1-c1ccccc1Cl. The molecule has 0 radical (unpaired) electrons. The average molecular weight is 307 g/mol. The van der Waals surface area contributed by atoms with Gasteiger partial charge in [-0.25, -0.2) is 0 Å². The number of benzene rings is 1. The van der Waals surface area contributed by atoms with E-state index in [0.29, 0.717) is 16.9 Å². The summed E-state index contributed by atoms with van der Waals surface area (Å²) in [7, 11) is 0. The van der Waals surface area contributed by atoms with Crippen LogP contribution in [0.5, 0.6) is 0 Å². The molecule has 0 amide bonds. The van der Waals surface area contributed by atoms with E-state index in [0.717, 1.165) is 49.2 Å². The highest BCUT2D eigenvalue weighted by Crippen LogP contribution is 2.35. The van der Waals surface area contributed by atoms with Crippen LogP contribution in [0.25, 0.3) is 11.1 Å². The van der Waals surface area contributed by atoms with Gasteiger partial charge in [-0.2, -0.15) is 0 Å². The first-order valence-electron chi connectivity index (χ1n) is 7.36. The molecule has 1 atom stereocenters. The fourth-order valence-corrected chi connectivity index (χ4v) is 3.02. The van der Waals surface area contributed by atoms with Crippen molar-refractivity contribution < 1.29 is 9.26 Å². The van der Waals surface area contributed by atoms with Gasteiger partial charge in [-0.3, -0.25) is 0 Å². The molecule has 0 bridgehead atoms. The lowest BCUT2D eigenvalue weighted by Gasteiger charge is -2.22. The molecule has 112 valence electrons. The number of nitrogen functional groups attached to an aromatic ring is 1. The van der Waals surface area contributed by atoms with Crippen LogP contribution in [0.4, 0.5) is 5.82 Å². The highest BCUT2D eigenvalue weighted by molar-refractivity contribution is 6.33. The summed E-state index contributed by atoms with van der Waals surface area (Å²) in [5.41, 5.74) is 7.65. The first-order chi connectivity index (χ1) is 10.3. The minimum atomic E-state index is 0.309. The topological polar surface area (TPSA) is 61.3 Å². The Morgan fingerprint density at radius 2 is 2.14 bits per heavy atom. The Balaban J connectivity index is 1.79. The highest BCUT2D eigenvalue weighted by atomic mass is 35.5. The molecular formula is C16H19ClN2O2. The number of rotatable bonds is 4. The van der Waals surface area contributed by atoms with Crippen LogP contribution < -0.4 is 5.73 Å². The number of halogens is 1. The normalized spacial score (nSPS) is 18.8. The summed E-state index contributed by atoms with van der Waals surface area (Å²) in [6.07, 6.45) is 5.51. The van der Waals surface area contributed by atoms with E-state index in [-0.39, 0.29) is 0 Å². The first-order valence-corrected chi connectivity index (χ1v) is 7.74. The standard InChI is InChI=1S/C16H19ClN2O2/c17-13-7-2-1-6-12(13)15-14(21-19-16(15)18)9-8-11-5-3-4-10-20-11/h1-2,6-7,11H,3-5,8-10H2,(H2,18,19). The molecule has 4 nitrogen and oxygen atoms in total. The Kier molecular flexibility index (Phi) is 4.46. The second kappa shape index (κ2) is 6.50. The maximum absolute atomic E-state index is 6.26. The van der Waals surface area contributed by atoms with Crippen LogP contribution in [0, 0.1) is 0 Å². The summed E-state index contributed by atoms with van der Waals surface area (Å²) < 4.78 is 11.2. The van der Waals surface area contributed by atoms with Crippen molar-refractivity contribution in [3.63, 3.8) is 0 Å². The molecular weight excluding hydrogens is 288 g/mol. The molecule has 1 saturated heterocycles. The van der Waals surface area contributed by atoms with E-state index in [1.54, 1.807) is 0 Å². The Hall–Kier alpha value is -1.52. The van der Waals surface area contributed by atoms with Gasteiger partial charge in [0.2, 0.25) is 0 Å². The molecule has 1 fully saturated rings. The molecule has 2 heterocycles.